The van der Waals surface area contributed by atoms with Crippen molar-refractivity contribution in [3.63, 3.8) is 0 Å². The predicted molar refractivity (Wildman–Crippen MR) is 236 cm³/mol. The number of aliphatic hydroxyl groups excluding tert-OH is 3. The summed E-state index contributed by atoms with van der Waals surface area (Å²) in [6.45, 7) is 4.20. The fourth-order valence-corrected chi connectivity index (χ4v) is 7.47. The lowest BCUT2D eigenvalue weighted by Gasteiger charge is -2.21. The van der Waals surface area contributed by atoms with Crippen molar-refractivity contribution in [2.75, 3.05) is 6.61 Å². The molecule has 0 bridgehead atoms. The molecule has 0 saturated heterocycles. The third kappa shape index (κ3) is 39.1. The van der Waals surface area contributed by atoms with Crippen LogP contribution in [0.5, 0.6) is 0 Å². The topological polar surface area (TPSA) is 89.8 Å². The van der Waals surface area contributed by atoms with Gasteiger partial charge in [-0.2, -0.15) is 0 Å². The van der Waals surface area contributed by atoms with Crippen LogP contribution in [0.25, 0.3) is 0 Å². The van der Waals surface area contributed by atoms with E-state index in [1.807, 2.05) is 6.08 Å². The van der Waals surface area contributed by atoms with Gasteiger partial charge in [-0.3, -0.25) is 4.79 Å². The van der Waals surface area contributed by atoms with E-state index >= 15 is 0 Å². The molecule has 0 spiro atoms. The van der Waals surface area contributed by atoms with Crippen molar-refractivity contribution in [3.05, 3.63) is 24.3 Å². The minimum absolute atomic E-state index is 0.362. The van der Waals surface area contributed by atoms with Gasteiger partial charge in [-0.1, -0.05) is 237 Å². The van der Waals surface area contributed by atoms with Gasteiger partial charge >= 0.3 is 0 Å². The Balaban J connectivity index is 3.60. The Morgan fingerprint density at radius 3 is 1.07 bits per heavy atom. The number of carbonyl (C=O) groups is 1. The van der Waals surface area contributed by atoms with Crippen molar-refractivity contribution in [1.29, 1.82) is 0 Å². The molecule has 0 aromatic carbocycles. The molecule has 3 atom stereocenters. The average molecular weight is 762 g/mol. The van der Waals surface area contributed by atoms with Gasteiger partial charge in [0, 0.05) is 0 Å². The quantitative estimate of drug-likeness (QED) is 0.0368. The van der Waals surface area contributed by atoms with Gasteiger partial charge in [-0.25, -0.2) is 0 Å². The molecular formula is C49H95NO4. The Labute approximate surface area is 337 Å². The molecule has 0 radical (unpaired) electrons. The van der Waals surface area contributed by atoms with Crippen molar-refractivity contribution in [3.8, 4) is 0 Å². The van der Waals surface area contributed by atoms with Crippen molar-refractivity contribution in [2.45, 2.75) is 276 Å². The zero-order valence-electron chi connectivity index (χ0n) is 36.4. The molecule has 54 heavy (non-hydrogen) atoms. The monoisotopic (exact) mass is 762 g/mol. The number of nitrogens with one attached hydrogen (secondary N) is 1. The van der Waals surface area contributed by atoms with Crippen LogP contribution in [0.1, 0.15) is 258 Å². The highest BCUT2D eigenvalue weighted by Gasteiger charge is 2.22. The highest BCUT2D eigenvalue weighted by atomic mass is 16.3. The van der Waals surface area contributed by atoms with E-state index < -0.39 is 24.2 Å². The number of rotatable bonds is 44. The van der Waals surface area contributed by atoms with Crippen LogP contribution in [0.3, 0.4) is 0 Å². The van der Waals surface area contributed by atoms with E-state index in [4.69, 9.17) is 0 Å². The van der Waals surface area contributed by atoms with Gasteiger partial charge in [0.1, 0.15) is 6.10 Å². The second-order valence-corrected chi connectivity index (χ2v) is 16.7. The number of carbonyl (C=O) groups excluding carboxylic acids is 1. The molecule has 0 saturated carbocycles. The van der Waals surface area contributed by atoms with E-state index in [9.17, 15) is 20.1 Å². The fraction of sp³-hybridized carbons (Fsp3) is 0.898. The molecule has 0 fully saturated rings. The first-order valence-electron chi connectivity index (χ1n) is 24.2. The molecule has 0 aromatic rings. The molecule has 0 aliphatic carbocycles. The number of hydrogen-bond donors (Lipinski definition) is 4. The first-order chi connectivity index (χ1) is 26.6. The minimum Gasteiger partial charge on any atom is -0.394 e. The van der Waals surface area contributed by atoms with E-state index in [2.05, 4.69) is 31.3 Å². The zero-order valence-corrected chi connectivity index (χ0v) is 36.4. The summed E-state index contributed by atoms with van der Waals surface area (Å²) in [5.41, 5.74) is 0. The molecule has 1 amide bonds. The van der Waals surface area contributed by atoms with E-state index in [-0.39, 0.29) is 6.61 Å². The Hall–Kier alpha value is -1.17. The highest BCUT2D eigenvalue weighted by molar-refractivity contribution is 5.80. The summed E-state index contributed by atoms with van der Waals surface area (Å²) in [7, 11) is 0. The normalized spacial score (nSPS) is 13.6. The molecule has 0 aliphatic rings. The lowest BCUT2D eigenvalue weighted by molar-refractivity contribution is -0.131. The van der Waals surface area contributed by atoms with Crippen molar-refractivity contribution < 1.29 is 20.1 Å². The smallest absolute Gasteiger partial charge is 0.249 e. The van der Waals surface area contributed by atoms with Gasteiger partial charge in [-0.05, 0) is 44.9 Å². The number of aliphatic hydroxyl groups is 3. The van der Waals surface area contributed by atoms with Gasteiger partial charge < -0.3 is 20.6 Å². The standard InChI is InChI=1S/C49H95NO4/c1-3-5-7-9-11-13-15-17-19-20-21-22-23-24-25-26-27-28-30-32-34-36-38-40-42-44-48(53)49(54)50-46(45-51)47(52)43-41-39-37-35-33-31-29-18-16-14-12-10-8-6-4-2/h24-25,41,43,46-48,51-53H,3-23,26-40,42,44-45H2,1-2H3,(H,50,54)/b25-24-,43-41+. The summed E-state index contributed by atoms with van der Waals surface area (Å²) in [5, 5.41) is 33.2. The first kappa shape index (κ1) is 52.8. The maximum absolute atomic E-state index is 12.5. The molecular weight excluding hydrogens is 667 g/mol. The lowest BCUT2D eigenvalue weighted by Crippen LogP contribution is -2.48. The van der Waals surface area contributed by atoms with Crippen LogP contribution in [0.15, 0.2) is 24.3 Å². The van der Waals surface area contributed by atoms with E-state index in [0.717, 1.165) is 32.1 Å². The molecule has 0 rings (SSSR count). The van der Waals surface area contributed by atoms with Crippen LogP contribution in [0, 0.1) is 0 Å². The lowest BCUT2D eigenvalue weighted by atomic mass is 10.0. The summed E-state index contributed by atoms with van der Waals surface area (Å²) >= 11 is 0. The van der Waals surface area contributed by atoms with Crippen molar-refractivity contribution in [1.82, 2.24) is 5.32 Å². The third-order valence-electron chi connectivity index (χ3n) is 11.3. The number of hydrogen-bond acceptors (Lipinski definition) is 4. The van der Waals surface area contributed by atoms with Crippen LogP contribution in [0.4, 0.5) is 0 Å². The maximum Gasteiger partial charge on any atom is 0.249 e. The molecule has 0 aromatic heterocycles. The van der Waals surface area contributed by atoms with Crippen molar-refractivity contribution >= 4 is 5.91 Å². The summed E-state index contributed by atoms with van der Waals surface area (Å²) in [5.74, 6) is -0.503. The molecule has 0 heterocycles. The summed E-state index contributed by atoms with van der Waals surface area (Å²) in [6, 6.07) is -0.796. The van der Waals surface area contributed by atoms with Gasteiger partial charge in [0.15, 0.2) is 0 Å². The van der Waals surface area contributed by atoms with Gasteiger partial charge in [0.05, 0.1) is 18.8 Å². The van der Waals surface area contributed by atoms with Gasteiger partial charge in [0.25, 0.3) is 0 Å². The Morgan fingerprint density at radius 2 is 0.741 bits per heavy atom. The summed E-state index contributed by atoms with van der Waals surface area (Å²) < 4.78 is 0. The largest absolute Gasteiger partial charge is 0.394 e. The average Bonchev–Trinajstić information content (AvgIpc) is 3.18. The van der Waals surface area contributed by atoms with E-state index in [1.165, 1.54) is 205 Å². The van der Waals surface area contributed by atoms with Crippen LogP contribution in [-0.2, 0) is 4.79 Å². The van der Waals surface area contributed by atoms with Crippen LogP contribution in [-0.4, -0.2) is 46.1 Å². The van der Waals surface area contributed by atoms with Crippen molar-refractivity contribution in [2.24, 2.45) is 0 Å². The molecule has 320 valence electrons. The number of allylic oxidation sites excluding steroid dienone is 3. The van der Waals surface area contributed by atoms with Crippen LogP contribution >= 0.6 is 0 Å². The van der Waals surface area contributed by atoms with E-state index in [1.54, 1.807) is 6.08 Å². The summed E-state index contributed by atoms with van der Waals surface area (Å²) in [6.07, 6.45) is 55.1. The second kappa shape index (κ2) is 44.5. The van der Waals surface area contributed by atoms with Crippen LogP contribution in [0.2, 0.25) is 0 Å². The Bertz CT molecular complexity index is 799. The molecule has 0 aliphatic heterocycles. The third-order valence-corrected chi connectivity index (χ3v) is 11.3. The molecule has 3 unspecified atom stereocenters. The van der Waals surface area contributed by atoms with E-state index in [0.29, 0.717) is 6.42 Å². The number of amides is 1. The predicted octanol–water partition coefficient (Wildman–Crippen LogP) is 14.2. The molecule has 4 N–H and O–H groups in total. The molecule has 5 heteroatoms. The fourth-order valence-electron chi connectivity index (χ4n) is 7.47. The number of unbranched alkanes of at least 4 members (excludes halogenated alkanes) is 34. The molecule has 5 nitrogen and oxygen atoms in total. The van der Waals surface area contributed by atoms with Gasteiger partial charge in [-0.15, -0.1) is 0 Å². The van der Waals surface area contributed by atoms with Gasteiger partial charge in [0.2, 0.25) is 5.91 Å². The Kier molecular flexibility index (Phi) is 43.6. The van der Waals surface area contributed by atoms with Crippen LogP contribution < -0.4 is 5.32 Å². The maximum atomic E-state index is 12.5. The second-order valence-electron chi connectivity index (χ2n) is 16.7. The minimum atomic E-state index is -1.10. The first-order valence-corrected chi connectivity index (χ1v) is 24.2. The highest BCUT2D eigenvalue weighted by Crippen LogP contribution is 2.16. The Morgan fingerprint density at radius 1 is 0.444 bits per heavy atom. The summed E-state index contributed by atoms with van der Waals surface area (Å²) in [4.78, 5) is 12.5. The zero-order chi connectivity index (χ0) is 39.4. The SMILES string of the molecule is CCCCCCCCCCCCCC/C=C\CCCCCCCCCCCC(O)C(=O)NC(CO)C(O)/C=C/CCCCCCCCCCCCCCC.